The quantitative estimate of drug-likeness (QED) is 0.323. The van der Waals surface area contributed by atoms with Gasteiger partial charge in [-0.1, -0.05) is 18.2 Å². The Morgan fingerprint density at radius 3 is 2.02 bits per heavy atom. The highest BCUT2D eigenvalue weighted by molar-refractivity contribution is 14.1. The summed E-state index contributed by atoms with van der Waals surface area (Å²) in [5.74, 6) is -1.86. The number of alkyl halides is 10. The fourth-order valence-electron chi connectivity index (χ4n) is 5.61. The molecule has 41 heavy (non-hydrogen) atoms. The van der Waals surface area contributed by atoms with Crippen molar-refractivity contribution in [1.29, 1.82) is 0 Å². The Morgan fingerprint density at radius 2 is 1.51 bits per heavy atom. The molecule has 1 aliphatic carbocycles. The smallest absolute Gasteiger partial charge is 0.376 e. The largest absolute Gasteiger partial charge is 0.435 e. The molecule has 2 aromatic rings. The molecule has 0 unspecified atom stereocenters. The number of sulfone groups is 1. The number of nitrogens with zero attached hydrogens (tertiary/aromatic N) is 1. The van der Waals surface area contributed by atoms with E-state index in [1.807, 2.05) is 22.6 Å². The van der Waals surface area contributed by atoms with Crippen molar-refractivity contribution in [3.63, 3.8) is 0 Å². The summed E-state index contributed by atoms with van der Waals surface area (Å²) in [7, 11) is -4.72. The van der Waals surface area contributed by atoms with Gasteiger partial charge >= 0.3 is 24.2 Å². The highest BCUT2D eigenvalue weighted by atomic mass is 127. The molecule has 0 aromatic heterocycles. The molecule has 1 N–H and O–H groups in total. The number of benzene rings is 2. The summed E-state index contributed by atoms with van der Waals surface area (Å²) in [6.07, 6.45) is -23.4. The fraction of sp³-hybridized carbons (Fsp3) is 0.458. The minimum absolute atomic E-state index is 0.141. The molecule has 1 heterocycles. The molecule has 1 fully saturated rings. The van der Waals surface area contributed by atoms with Gasteiger partial charge in [0.05, 0.1) is 10.9 Å². The molecule has 1 aliphatic heterocycles. The molecule has 1 saturated heterocycles. The first kappa shape index (κ1) is 31.8. The van der Waals surface area contributed by atoms with Crippen LogP contribution in [0, 0.1) is 3.57 Å². The summed E-state index contributed by atoms with van der Waals surface area (Å²) >= 11 is 1.86. The zero-order valence-corrected chi connectivity index (χ0v) is 23.2. The van der Waals surface area contributed by atoms with Crippen LogP contribution in [0.1, 0.15) is 29.5 Å². The molecular formula is C24H18F10INO4S. The zero-order valence-electron chi connectivity index (χ0n) is 20.2. The molecule has 3 atom stereocenters. The number of carbonyl (C=O) groups is 1. The van der Waals surface area contributed by atoms with Gasteiger partial charge in [-0.3, -0.25) is 4.79 Å². The second-order valence-electron chi connectivity index (χ2n) is 9.65. The number of likely N-dealkylation sites (tertiary alicyclic amines) is 1. The lowest BCUT2D eigenvalue weighted by atomic mass is 9.76. The summed E-state index contributed by atoms with van der Waals surface area (Å²) < 4.78 is 161. The maximum absolute atomic E-state index is 14.8. The molecular weight excluding hydrogens is 715 g/mol. The highest BCUT2D eigenvalue weighted by Gasteiger charge is 2.74. The third-order valence-electron chi connectivity index (χ3n) is 7.50. The molecule has 2 aromatic carbocycles. The van der Waals surface area contributed by atoms with Crippen LogP contribution in [-0.4, -0.2) is 61.6 Å². The standard InChI is InChI=1S/C24H18F10INO4S/c25-21(23(29,30)31,24(32,33)34)13-2-7-16-12(11-13)1-8-17-20(16,41(39,40)15-5-3-14(35)4-6-15)9-10-36(17)19(38)18(37)22(26,27)28/h2-7,11,17-18,37H,1,8-10H2/t17-,18-,20-/m1/s1. The van der Waals surface area contributed by atoms with Gasteiger partial charge in [0, 0.05) is 15.7 Å². The summed E-state index contributed by atoms with van der Waals surface area (Å²) in [5, 5.41) is 9.59. The number of halogens is 11. The van der Waals surface area contributed by atoms with Crippen molar-refractivity contribution in [2.45, 2.75) is 65.2 Å². The number of amides is 1. The minimum atomic E-state index is -6.44. The number of aliphatic hydroxyl groups is 1. The van der Waals surface area contributed by atoms with Crippen molar-refractivity contribution < 1.29 is 62.2 Å². The molecule has 2 aliphatic rings. The van der Waals surface area contributed by atoms with Crippen LogP contribution in [0.5, 0.6) is 0 Å². The van der Waals surface area contributed by atoms with Crippen LogP contribution < -0.4 is 0 Å². The molecule has 0 spiro atoms. The Kier molecular flexibility index (Phi) is 7.72. The fourth-order valence-corrected chi connectivity index (χ4v) is 8.34. The maximum Gasteiger partial charge on any atom is 0.435 e. The van der Waals surface area contributed by atoms with Gasteiger partial charge in [-0.25, -0.2) is 12.8 Å². The molecule has 0 saturated carbocycles. The van der Waals surface area contributed by atoms with Gasteiger partial charge in [-0.05, 0) is 77.2 Å². The minimum Gasteiger partial charge on any atom is -0.376 e. The van der Waals surface area contributed by atoms with Crippen LogP contribution in [0.2, 0.25) is 0 Å². The van der Waals surface area contributed by atoms with Crippen molar-refractivity contribution in [3.05, 3.63) is 62.7 Å². The zero-order chi connectivity index (χ0) is 31.0. The van der Waals surface area contributed by atoms with E-state index in [-0.39, 0.29) is 22.6 Å². The first-order valence-corrected chi connectivity index (χ1v) is 14.2. The van der Waals surface area contributed by atoms with E-state index < -0.39 is 93.8 Å². The number of aryl methyl sites for hydroxylation is 1. The van der Waals surface area contributed by atoms with Crippen molar-refractivity contribution in [3.8, 4) is 0 Å². The molecule has 226 valence electrons. The predicted molar refractivity (Wildman–Crippen MR) is 130 cm³/mol. The van der Waals surface area contributed by atoms with Crippen LogP contribution in [-0.2, 0) is 31.5 Å². The van der Waals surface area contributed by atoms with E-state index in [4.69, 9.17) is 0 Å². The van der Waals surface area contributed by atoms with Gasteiger partial charge in [0.1, 0.15) is 4.75 Å². The number of aliphatic hydroxyl groups excluding tert-OH is 1. The lowest BCUT2D eigenvalue weighted by molar-refractivity contribution is -0.348. The Balaban J connectivity index is 1.95. The Morgan fingerprint density at radius 1 is 0.951 bits per heavy atom. The SMILES string of the molecule is O=C([C@@H](O)C(F)(F)F)N1CC[C@@]2(S(=O)(=O)c3ccc(I)cc3)c3ccc(C(F)(C(F)(F)F)C(F)(F)F)cc3CC[C@@H]12. The average molecular weight is 733 g/mol. The van der Waals surface area contributed by atoms with Gasteiger partial charge in [-0.15, -0.1) is 0 Å². The van der Waals surface area contributed by atoms with Gasteiger partial charge in [0.25, 0.3) is 5.91 Å². The number of rotatable bonds is 4. The van der Waals surface area contributed by atoms with E-state index in [9.17, 15) is 62.2 Å². The second-order valence-corrected chi connectivity index (χ2v) is 13.1. The van der Waals surface area contributed by atoms with Crippen molar-refractivity contribution in [2.75, 3.05) is 6.54 Å². The first-order chi connectivity index (χ1) is 18.6. The van der Waals surface area contributed by atoms with E-state index in [0.29, 0.717) is 14.5 Å². The van der Waals surface area contributed by atoms with Gasteiger partial charge in [0.2, 0.25) is 6.10 Å². The molecule has 0 radical (unpaired) electrons. The Hall–Kier alpha value is -2.15. The molecule has 4 rings (SSSR count). The molecule has 1 amide bonds. The number of carbonyl (C=O) groups excluding carboxylic acids is 1. The molecule has 5 nitrogen and oxygen atoms in total. The van der Waals surface area contributed by atoms with E-state index >= 15 is 0 Å². The van der Waals surface area contributed by atoms with Crippen molar-refractivity contribution in [2.24, 2.45) is 0 Å². The normalized spacial score (nSPS) is 22.7. The predicted octanol–water partition coefficient (Wildman–Crippen LogP) is 5.72. The van der Waals surface area contributed by atoms with Crippen LogP contribution in [0.3, 0.4) is 0 Å². The first-order valence-electron chi connectivity index (χ1n) is 11.6. The summed E-state index contributed by atoms with van der Waals surface area (Å²) in [6.45, 7) is -0.639. The van der Waals surface area contributed by atoms with E-state index in [1.54, 1.807) is 0 Å². The molecule has 0 bridgehead atoms. The van der Waals surface area contributed by atoms with Crippen LogP contribution >= 0.6 is 22.6 Å². The summed E-state index contributed by atoms with van der Waals surface area (Å²) in [6, 6.07) is 4.45. The maximum atomic E-state index is 14.8. The number of hydrogen-bond donors (Lipinski definition) is 1. The third-order valence-corrected chi connectivity index (χ3v) is 10.8. The van der Waals surface area contributed by atoms with Crippen LogP contribution in [0.4, 0.5) is 43.9 Å². The van der Waals surface area contributed by atoms with Gasteiger partial charge < -0.3 is 10.0 Å². The van der Waals surface area contributed by atoms with Gasteiger partial charge in [0.15, 0.2) is 9.84 Å². The summed E-state index contributed by atoms with van der Waals surface area (Å²) in [5.41, 5.74) is -8.44. The van der Waals surface area contributed by atoms with E-state index in [2.05, 4.69) is 0 Å². The average Bonchev–Trinajstić information content (AvgIpc) is 3.27. The van der Waals surface area contributed by atoms with Gasteiger partial charge in [-0.2, -0.15) is 39.5 Å². The summed E-state index contributed by atoms with van der Waals surface area (Å²) in [4.78, 5) is 12.8. The third kappa shape index (κ3) is 4.78. The molecule has 17 heteroatoms. The Bertz CT molecular complexity index is 1440. The van der Waals surface area contributed by atoms with E-state index in [1.165, 1.54) is 12.1 Å². The number of hydrogen-bond acceptors (Lipinski definition) is 4. The monoisotopic (exact) mass is 733 g/mol. The van der Waals surface area contributed by atoms with Crippen molar-refractivity contribution in [1.82, 2.24) is 4.90 Å². The number of fused-ring (bicyclic) bond motifs is 3. The second kappa shape index (κ2) is 9.96. The van der Waals surface area contributed by atoms with Crippen LogP contribution in [0.15, 0.2) is 47.4 Å². The lowest BCUT2D eigenvalue weighted by Gasteiger charge is -2.43. The van der Waals surface area contributed by atoms with Crippen LogP contribution in [0.25, 0.3) is 0 Å². The lowest BCUT2D eigenvalue weighted by Crippen LogP contribution is -2.55. The highest BCUT2D eigenvalue weighted by Crippen LogP contribution is 2.56. The topological polar surface area (TPSA) is 74.7 Å². The van der Waals surface area contributed by atoms with E-state index in [0.717, 1.165) is 12.1 Å². The Labute approximate surface area is 239 Å². The van der Waals surface area contributed by atoms with Crippen molar-refractivity contribution >= 4 is 38.3 Å².